The number of carbonyl (C=O) groups is 1. The smallest absolute Gasteiger partial charge is 0.328 e. The number of carbonyl (C=O) groups excluding carboxylic acids is 1. The van der Waals surface area contributed by atoms with Gasteiger partial charge in [-0.2, -0.15) is 0 Å². The topological polar surface area (TPSA) is 78.9 Å². The first kappa shape index (κ1) is 5.31. The molecule has 0 aliphatic heterocycles. The first-order valence-electron chi connectivity index (χ1n) is 11.3. The lowest BCUT2D eigenvalue weighted by Crippen LogP contribution is -2.39. The van der Waals surface area contributed by atoms with Gasteiger partial charge in [-0.05, 0) is 19.6 Å². The molecule has 7 nitrogen and oxygen atoms in total. The average Bonchev–Trinajstić information content (AvgIpc) is 2.93. The summed E-state index contributed by atoms with van der Waals surface area (Å²) in [6.45, 7) is -7.63. The van der Waals surface area contributed by atoms with Crippen LogP contribution in [0.25, 0.3) is 11.2 Å². The van der Waals surface area contributed by atoms with Crippen LogP contribution in [0.2, 0.25) is 0 Å². The largest absolute Gasteiger partial charge is 0.332 e. The van der Waals surface area contributed by atoms with Crippen LogP contribution in [-0.4, -0.2) is 24.5 Å². The van der Waals surface area contributed by atoms with Gasteiger partial charge in [0, 0.05) is 39.3 Å². The zero-order valence-electron chi connectivity index (χ0n) is 22.5. The van der Waals surface area contributed by atoms with E-state index < -0.39 is 61.3 Å². The van der Waals surface area contributed by atoms with Gasteiger partial charge in [-0.15, -0.1) is 0 Å². The Morgan fingerprint density at radius 3 is 2.90 bits per heavy atom. The first-order valence-corrected chi connectivity index (χ1v) is 5.27. The summed E-state index contributed by atoms with van der Waals surface area (Å²) in [5.41, 5.74) is -3.84. The van der Waals surface area contributed by atoms with E-state index in [0.717, 1.165) is 11.6 Å². The molecule has 0 amide bonds. The number of nitrogens with zero attached hydrogens (tertiary/aromatic N) is 4. The van der Waals surface area contributed by atoms with Crippen LogP contribution in [0.4, 0.5) is 0 Å². The molecule has 0 atom stereocenters. The lowest BCUT2D eigenvalue weighted by molar-refractivity contribution is -0.117. The Bertz CT molecular complexity index is 1220. The number of rotatable bonds is 5. The lowest BCUT2D eigenvalue weighted by atomic mass is 10.2. The predicted octanol–water partition coefficient (Wildman–Crippen LogP) is 0.193. The molecule has 0 aliphatic carbocycles. The number of Topliss-reactive ketones (excluding diaryl/α,β-unsaturated/α-hetero) is 1. The highest BCUT2D eigenvalue weighted by atomic mass is 16.2. The summed E-state index contributed by atoms with van der Waals surface area (Å²) in [5, 5.41) is 0. The van der Waals surface area contributed by atoms with Gasteiger partial charge in [-0.3, -0.25) is 13.9 Å². The van der Waals surface area contributed by atoms with E-state index in [2.05, 4.69) is 4.98 Å². The second-order valence-corrected chi connectivity index (χ2v) is 3.74. The third-order valence-corrected chi connectivity index (χ3v) is 2.46. The summed E-state index contributed by atoms with van der Waals surface area (Å²) in [6, 6.07) is 0. The fraction of sp³-hybridized carbons (Fsp3) is 0.538. The SMILES string of the molecule is [2H]c1nc2c(c(=O)n(C([2H])([2H])C([2H])([2H])C([2H])([2H])C([2H])([2H])C(=O)C([2H])([2H])[2H])c(=O)n2C)n1C. The molecule has 108 valence electrons. The summed E-state index contributed by atoms with van der Waals surface area (Å²) in [5.74, 6) is -2.32. The third-order valence-electron chi connectivity index (χ3n) is 2.46. The van der Waals surface area contributed by atoms with Crippen LogP contribution in [0.5, 0.6) is 0 Å². The molecule has 0 fully saturated rings. The standard InChI is InChI=1S/C13H18N4O3/c1-9(18)6-4-5-7-17-12(19)10-11(14-8-15(10)2)16(3)13(17)20/h8H,4-7H2,1-3H3/i1D3,4D2,5D2,6D2,7D2,8D. The maximum Gasteiger partial charge on any atom is 0.332 e. The van der Waals surface area contributed by atoms with E-state index in [9.17, 15) is 14.4 Å². The van der Waals surface area contributed by atoms with Gasteiger partial charge in [-0.1, -0.05) is 0 Å². The van der Waals surface area contributed by atoms with Gasteiger partial charge in [0.2, 0.25) is 0 Å². The van der Waals surface area contributed by atoms with Crippen molar-refractivity contribution in [1.82, 2.24) is 18.7 Å². The molecule has 0 aromatic carbocycles. The molecule has 0 radical (unpaired) electrons. The molecule has 0 saturated carbocycles. The van der Waals surface area contributed by atoms with E-state index in [4.69, 9.17) is 16.4 Å². The molecule has 7 heteroatoms. The van der Waals surface area contributed by atoms with Crippen molar-refractivity contribution in [2.24, 2.45) is 14.1 Å². The van der Waals surface area contributed by atoms with Crippen molar-refractivity contribution in [3.63, 3.8) is 0 Å². The highest BCUT2D eigenvalue weighted by Crippen LogP contribution is 2.04. The molecular weight excluding hydrogens is 260 g/mol. The van der Waals surface area contributed by atoms with Gasteiger partial charge in [0.15, 0.2) is 11.2 Å². The summed E-state index contributed by atoms with van der Waals surface area (Å²) < 4.78 is 93.4. The van der Waals surface area contributed by atoms with Gasteiger partial charge in [0.25, 0.3) is 5.56 Å². The van der Waals surface area contributed by atoms with E-state index in [1.165, 1.54) is 7.05 Å². The molecule has 20 heavy (non-hydrogen) atoms. The quantitative estimate of drug-likeness (QED) is 0.787. The predicted molar refractivity (Wildman–Crippen MR) is 74.7 cm³/mol. The second kappa shape index (κ2) is 5.44. The van der Waals surface area contributed by atoms with Crippen molar-refractivity contribution in [3.05, 3.63) is 27.1 Å². The van der Waals surface area contributed by atoms with Crippen molar-refractivity contribution in [2.75, 3.05) is 0 Å². The van der Waals surface area contributed by atoms with Crippen molar-refractivity contribution in [2.45, 2.75) is 32.5 Å². The molecule has 0 bridgehead atoms. The van der Waals surface area contributed by atoms with E-state index in [1.54, 1.807) is 0 Å². The van der Waals surface area contributed by atoms with Crippen LogP contribution in [0.1, 0.15) is 42.4 Å². The summed E-state index contributed by atoms with van der Waals surface area (Å²) in [4.78, 5) is 41.3. The molecule has 0 spiro atoms. The second-order valence-electron chi connectivity index (χ2n) is 3.74. The van der Waals surface area contributed by atoms with Crippen molar-refractivity contribution >= 4 is 16.9 Å². The maximum atomic E-state index is 12.9. The highest BCUT2D eigenvalue weighted by Gasteiger charge is 2.14. The number of ketones is 1. The monoisotopic (exact) mass is 290 g/mol. The van der Waals surface area contributed by atoms with Crippen LogP contribution in [-0.2, 0) is 25.4 Å². The van der Waals surface area contributed by atoms with E-state index in [1.807, 2.05) is 0 Å². The van der Waals surface area contributed by atoms with Gasteiger partial charge in [0.05, 0.1) is 9.04 Å². The van der Waals surface area contributed by atoms with Crippen LogP contribution >= 0.6 is 0 Å². The van der Waals surface area contributed by atoms with E-state index in [0.29, 0.717) is 4.57 Å². The number of fused-ring (bicyclic) bond motifs is 1. The molecule has 2 aromatic heterocycles. The summed E-state index contributed by atoms with van der Waals surface area (Å²) >= 11 is 0. The number of hydrogen-bond donors (Lipinski definition) is 0. The molecule has 0 aliphatic rings. The minimum atomic E-state index is -4.18. The van der Waals surface area contributed by atoms with Crippen LogP contribution < -0.4 is 11.2 Å². The van der Waals surface area contributed by atoms with Gasteiger partial charge in [-0.25, -0.2) is 9.78 Å². The van der Waals surface area contributed by atoms with Gasteiger partial charge >= 0.3 is 5.69 Å². The Hall–Kier alpha value is -2.18. The third kappa shape index (κ3) is 2.43. The maximum absolute atomic E-state index is 12.9. The van der Waals surface area contributed by atoms with Gasteiger partial charge < -0.3 is 9.36 Å². The Balaban J connectivity index is 2.89. The number of aryl methyl sites for hydroxylation is 2. The van der Waals surface area contributed by atoms with Crippen molar-refractivity contribution in [3.8, 4) is 0 Å². The van der Waals surface area contributed by atoms with Crippen molar-refractivity contribution < 1.29 is 21.2 Å². The zero-order chi connectivity index (χ0) is 25.4. The minimum Gasteiger partial charge on any atom is -0.328 e. The Kier molecular flexibility index (Phi) is 1.44. The van der Waals surface area contributed by atoms with Crippen LogP contribution in [0.3, 0.4) is 0 Å². The number of aromatic nitrogens is 4. The summed E-state index contributed by atoms with van der Waals surface area (Å²) in [7, 11) is 2.22. The molecule has 2 aromatic rings. The van der Waals surface area contributed by atoms with Crippen molar-refractivity contribution in [1.29, 1.82) is 0 Å². The molecule has 0 saturated heterocycles. The van der Waals surface area contributed by atoms with E-state index >= 15 is 0 Å². The first-order chi connectivity index (χ1) is 14.1. The lowest BCUT2D eigenvalue weighted by Gasteiger charge is -2.08. The molecule has 0 unspecified atom stereocenters. The highest BCUT2D eigenvalue weighted by molar-refractivity contribution is 5.75. The Morgan fingerprint density at radius 1 is 1.45 bits per heavy atom. The zero-order valence-corrected chi connectivity index (χ0v) is 10.5. The van der Waals surface area contributed by atoms with Gasteiger partial charge in [0.1, 0.15) is 7.15 Å². The fourth-order valence-corrected chi connectivity index (χ4v) is 1.55. The van der Waals surface area contributed by atoms with Crippen LogP contribution in [0, 0.1) is 0 Å². The molecule has 2 heterocycles. The van der Waals surface area contributed by atoms with Crippen LogP contribution in [0.15, 0.2) is 15.9 Å². The molecular formula is C13H18N4O3. The fourth-order valence-electron chi connectivity index (χ4n) is 1.55. The Morgan fingerprint density at radius 2 is 2.20 bits per heavy atom. The Labute approximate surface area is 132 Å². The molecule has 2 rings (SSSR count). The summed E-state index contributed by atoms with van der Waals surface area (Å²) in [6.07, 6.45) is -12.9. The number of hydrogen-bond acceptors (Lipinski definition) is 4. The van der Waals surface area contributed by atoms with E-state index in [-0.39, 0.29) is 10.2 Å². The average molecular weight is 290 g/mol. The number of imidazole rings is 1. The molecule has 0 N–H and O–H groups in total. The minimum absolute atomic E-state index is 0.315. The normalized spacial score (nSPS) is 23.5.